The fraction of sp³-hybridized carbons (Fsp3) is 0.654. The molecule has 1 aromatic carbocycles. The monoisotopic (exact) mass is 415 g/mol. The van der Waals surface area contributed by atoms with E-state index in [9.17, 15) is 8.78 Å². The second-order valence-electron chi connectivity index (χ2n) is 9.12. The Balaban J connectivity index is 1.37. The summed E-state index contributed by atoms with van der Waals surface area (Å²) in [4.78, 5) is 0. The molecule has 0 aliphatic heterocycles. The Morgan fingerprint density at radius 1 is 0.967 bits per heavy atom. The molecule has 0 amide bonds. The number of rotatable bonds is 8. The maximum atomic E-state index is 13.8. The number of aryl methyl sites for hydroxylation is 1. The summed E-state index contributed by atoms with van der Waals surface area (Å²) >= 11 is 0. The molecule has 4 heteroatoms. The van der Waals surface area contributed by atoms with Crippen LogP contribution in [0.5, 0.6) is 0 Å². The molecule has 0 spiro atoms. The third-order valence-electron chi connectivity index (χ3n) is 7.16. The van der Waals surface area contributed by atoms with Crippen LogP contribution in [-0.2, 0) is 11.2 Å². The van der Waals surface area contributed by atoms with Crippen molar-refractivity contribution in [1.29, 1.82) is 5.26 Å². The van der Waals surface area contributed by atoms with Gasteiger partial charge >= 0.3 is 0 Å². The van der Waals surface area contributed by atoms with E-state index >= 15 is 0 Å². The van der Waals surface area contributed by atoms with E-state index in [2.05, 4.69) is 19.1 Å². The minimum absolute atomic E-state index is 0.437. The second-order valence-corrected chi connectivity index (χ2v) is 9.12. The summed E-state index contributed by atoms with van der Waals surface area (Å²) in [7, 11) is 0. The van der Waals surface area contributed by atoms with Crippen molar-refractivity contribution in [2.45, 2.75) is 83.7 Å². The molecular weight excluding hydrogens is 380 g/mol. The van der Waals surface area contributed by atoms with Gasteiger partial charge in [0.2, 0.25) is 0 Å². The van der Waals surface area contributed by atoms with Gasteiger partial charge in [-0.1, -0.05) is 31.9 Å². The molecule has 1 aromatic rings. The summed E-state index contributed by atoms with van der Waals surface area (Å²) in [5.74, 6) is 0.855. The lowest BCUT2D eigenvalue weighted by Crippen LogP contribution is -2.28. The van der Waals surface area contributed by atoms with Crippen LogP contribution in [0.1, 0.15) is 82.3 Å². The van der Waals surface area contributed by atoms with Crippen molar-refractivity contribution in [3.05, 3.63) is 47.0 Å². The van der Waals surface area contributed by atoms with Gasteiger partial charge < -0.3 is 4.74 Å². The van der Waals surface area contributed by atoms with Crippen molar-refractivity contribution in [3.8, 4) is 6.07 Å². The average molecular weight is 416 g/mol. The molecule has 0 saturated heterocycles. The van der Waals surface area contributed by atoms with E-state index in [1.165, 1.54) is 63.5 Å². The summed E-state index contributed by atoms with van der Waals surface area (Å²) in [6.45, 7) is 2.89. The Labute approximate surface area is 180 Å². The molecule has 0 bridgehead atoms. The molecule has 2 aliphatic rings. The Kier molecular flexibility index (Phi) is 8.88. The van der Waals surface area contributed by atoms with Crippen LogP contribution in [0.25, 0.3) is 0 Å². The fourth-order valence-electron chi connectivity index (χ4n) is 5.35. The predicted molar refractivity (Wildman–Crippen MR) is 116 cm³/mol. The summed E-state index contributed by atoms with van der Waals surface area (Å²) in [5.41, 5.74) is 0.190. The van der Waals surface area contributed by atoms with Gasteiger partial charge in [0.25, 0.3) is 0 Å². The minimum Gasteiger partial charge on any atom is -0.374 e. The van der Waals surface area contributed by atoms with E-state index in [1.807, 2.05) is 0 Å². The zero-order chi connectivity index (χ0) is 21.3. The number of nitriles is 1. The summed E-state index contributed by atoms with van der Waals surface area (Å²) < 4.78 is 33.6. The standard InChI is InChI=1S/C26H35F2NO/c1-2-3-4-15-30-23-13-11-22(12-14-23)21-9-7-19(8-10-21)5-6-20-16-25(27)24(18-29)26(28)17-20/h3-4,16-17,19,21-23H,2,5-15H2,1H3/b4-3+. The molecule has 3 rings (SSSR count). The molecule has 2 fully saturated rings. The zero-order valence-electron chi connectivity index (χ0n) is 18.2. The molecule has 0 N–H and O–H groups in total. The lowest BCUT2D eigenvalue weighted by atomic mass is 9.70. The van der Waals surface area contributed by atoms with Crippen molar-refractivity contribution in [1.82, 2.24) is 0 Å². The maximum Gasteiger partial charge on any atom is 0.144 e. The Bertz CT molecular complexity index is 715. The van der Waals surface area contributed by atoms with Gasteiger partial charge in [0, 0.05) is 0 Å². The predicted octanol–water partition coefficient (Wildman–Crippen LogP) is 7.12. The largest absolute Gasteiger partial charge is 0.374 e. The highest BCUT2D eigenvalue weighted by Crippen LogP contribution is 2.41. The van der Waals surface area contributed by atoms with Crippen LogP contribution < -0.4 is 0 Å². The van der Waals surface area contributed by atoms with E-state index in [0.717, 1.165) is 31.3 Å². The highest BCUT2D eigenvalue weighted by molar-refractivity contribution is 5.35. The second kappa shape index (κ2) is 11.6. The quantitative estimate of drug-likeness (QED) is 0.424. The highest BCUT2D eigenvalue weighted by atomic mass is 19.1. The summed E-state index contributed by atoms with van der Waals surface area (Å²) in [5, 5.41) is 8.79. The Hall–Kier alpha value is -1.73. The van der Waals surface area contributed by atoms with Crippen LogP contribution in [0.3, 0.4) is 0 Å². The van der Waals surface area contributed by atoms with E-state index in [4.69, 9.17) is 10.00 Å². The molecule has 2 saturated carbocycles. The molecule has 0 atom stereocenters. The van der Waals surface area contributed by atoms with E-state index in [-0.39, 0.29) is 0 Å². The fourth-order valence-corrected chi connectivity index (χ4v) is 5.35. The Morgan fingerprint density at radius 3 is 2.13 bits per heavy atom. The number of halogens is 2. The first kappa shape index (κ1) is 22.9. The van der Waals surface area contributed by atoms with Gasteiger partial charge in [-0.3, -0.25) is 0 Å². The topological polar surface area (TPSA) is 33.0 Å². The minimum atomic E-state index is -0.739. The first-order chi connectivity index (χ1) is 14.6. The molecule has 0 unspecified atom stereocenters. The van der Waals surface area contributed by atoms with Crippen molar-refractivity contribution >= 4 is 0 Å². The van der Waals surface area contributed by atoms with Gasteiger partial charge in [0.05, 0.1) is 12.7 Å². The van der Waals surface area contributed by atoms with Crippen molar-refractivity contribution in [3.63, 3.8) is 0 Å². The van der Waals surface area contributed by atoms with Gasteiger partial charge in [0.1, 0.15) is 23.3 Å². The van der Waals surface area contributed by atoms with Gasteiger partial charge in [0.15, 0.2) is 0 Å². The van der Waals surface area contributed by atoms with E-state index < -0.39 is 17.2 Å². The summed E-state index contributed by atoms with van der Waals surface area (Å²) in [6, 6.07) is 4.24. The zero-order valence-corrected chi connectivity index (χ0v) is 18.2. The summed E-state index contributed by atoms with van der Waals surface area (Å²) in [6.07, 6.45) is 17.5. The normalized spacial score (nSPS) is 27.3. The van der Waals surface area contributed by atoms with Crippen LogP contribution in [0.15, 0.2) is 24.3 Å². The number of benzene rings is 1. The molecule has 0 heterocycles. The molecule has 2 nitrogen and oxygen atoms in total. The van der Waals surface area contributed by atoms with Crippen LogP contribution in [0, 0.1) is 40.7 Å². The highest BCUT2D eigenvalue weighted by Gasteiger charge is 2.31. The van der Waals surface area contributed by atoms with Gasteiger partial charge in [-0.25, -0.2) is 8.78 Å². The van der Waals surface area contributed by atoms with Crippen LogP contribution in [0.4, 0.5) is 8.78 Å². The average Bonchev–Trinajstić information content (AvgIpc) is 2.76. The SMILES string of the molecule is CC/C=C/COC1CCC(C2CCC(CCc3cc(F)c(C#N)c(F)c3)CC2)CC1. The number of hydrogen-bond acceptors (Lipinski definition) is 2. The van der Waals surface area contributed by atoms with Crippen molar-refractivity contribution in [2.24, 2.45) is 17.8 Å². The lowest BCUT2D eigenvalue weighted by molar-refractivity contribution is 0.0210. The van der Waals surface area contributed by atoms with Crippen LogP contribution in [0.2, 0.25) is 0 Å². The Morgan fingerprint density at radius 2 is 1.57 bits per heavy atom. The molecule has 30 heavy (non-hydrogen) atoms. The first-order valence-electron chi connectivity index (χ1n) is 11.7. The maximum absolute atomic E-state index is 13.8. The molecule has 0 radical (unpaired) electrons. The number of nitrogens with zero attached hydrogens (tertiary/aromatic N) is 1. The molecule has 2 aliphatic carbocycles. The smallest absolute Gasteiger partial charge is 0.144 e. The van der Waals surface area contributed by atoms with Crippen molar-refractivity contribution < 1.29 is 13.5 Å². The third kappa shape index (κ3) is 6.38. The third-order valence-corrected chi connectivity index (χ3v) is 7.16. The number of allylic oxidation sites excluding steroid dienone is 1. The van der Waals surface area contributed by atoms with Crippen molar-refractivity contribution in [2.75, 3.05) is 6.61 Å². The van der Waals surface area contributed by atoms with Crippen LogP contribution in [-0.4, -0.2) is 12.7 Å². The van der Waals surface area contributed by atoms with Gasteiger partial charge in [-0.2, -0.15) is 5.26 Å². The number of hydrogen-bond donors (Lipinski definition) is 0. The van der Waals surface area contributed by atoms with Gasteiger partial charge in [-0.05, 0) is 93.2 Å². The number of ether oxygens (including phenoxy) is 1. The molecule has 0 aromatic heterocycles. The molecule has 164 valence electrons. The van der Waals surface area contributed by atoms with E-state index in [0.29, 0.717) is 24.0 Å². The first-order valence-corrected chi connectivity index (χ1v) is 11.7. The van der Waals surface area contributed by atoms with E-state index in [1.54, 1.807) is 6.07 Å². The molecular formula is C26H35F2NO. The van der Waals surface area contributed by atoms with Gasteiger partial charge in [-0.15, -0.1) is 0 Å². The lowest BCUT2D eigenvalue weighted by Gasteiger charge is -2.37. The van der Waals surface area contributed by atoms with Crippen LogP contribution >= 0.6 is 0 Å².